The molecule has 6 nitrogen and oxygen atoms in total. The van der Waals surface area contributed by atoms with Crippen LogP contribution in [0, 0.1) is 11.7 Å². The number of carbonyl (C=O) groups is 2. The number of urea groups is 1. The second-order valence-electron chi connectivity index (χ2n) is 4.29. The van der Waals surface area contributed by atoms with E-state index < -0.39 is 29.8 Å². The molecule has 2 amide bonds. The van der Waals surface area contributed by atoms with Crippen molar-refractivity contribution in [2.75, 3.05) is 18.5 Å². The summed E-state index contributed by atoms with van der Waals surface area (Å²) in [5, 5.41) is 13.5. The number of carboxylic acids is 1. The van der Waals surface area contributed by atoms with E-state index >= 15 is 0 Å². The van der Waals surface area contributed by atoms with Gasteiger partial charge in [0.05, 0.1) is 30.0 Å². The van der Waals surface area contributed by atoms with Crippen LogP contribution in [0.5, 0.6) is 0 Å². The van der Waals surface area contributed by atoms with Crippen molar-refractivity contribution in [1.82, 2.24) is 5.32 Å². The molecule has 1 aliphatic rings. The third-order valence-electron chi connectivity index (χ3n) is 2.91. The zero-order valence-corrected chi connectivity index (χ0v) is 11.0. The fraction of sp³-hybridized carbons (Fsp3) is 0.333. The molecule has 1 aromatic carbocycles. The minimum Gasteiger partial charge on any atom is -0.481 e. The van der Waals surface area contributed by atoms with Gasteiger partial charge in [0.25, 0.3) is 0 Å². The number of benzene rings is 1. The van der Waals surface area contributed by atoms with Crippen LogP contribution in [0.15, 0.2) is 18.2 Å². The van der Waals surface area contributed by atoms with E-state index in [1.807, 2.05) is 0 Å². The molecule has 1 fully saturated rings. The largest absolute Gasteiger partial charge is 0.481 e. The van der Waals surface area contributed by atoms with Crippen molar-refractivity contribution < 1.29 is 23.8 Å². The molecule has 3 N–H and O–H groups in total. The Bertz CT molecular complexity index is 540. The summed E-state index contributed by atoms with van der Waals surface area (Å²) in [6.45, 7) is 0.133. The third-order valence-corrected chi connectivity index (χ3v) is 3.21. The van der Waals surface area contributed by atoms with Gasteiger partial charge in [0.1, 0.15) is 5.92 Å². The highest BCUT2D eigenvalue weighted by Gasteiger charge is 2.35. The molecule has 1 aromatic rings. The molecule has 0 aliphatic carbocycles. The van der Waals surface area contributed by atoms with E-state index in [1.165, 1.54) is 18.2 Å². The standard InChI is InChI=1S/C12H12ClFN2O4/c13-7-2-1-3-8(10(7)14)15-12(19)16-9-5-20-4-6(9)11(17)18/h1-3,6,9H,4-5H2,(H,17,18)(H2,15,16,19). The van der Waals surface area contributed by atoms with Crippen LogP contribution in [0.3, 0.4) is 0 Å². The van der Waals surface area contributed by atoms with Gasteiger partial charge < -0.3 is 20.5 Å². The summed E-state index contributed by atoms with van der Waals surface area (Å²) in [5.74, 6) is -2.62. The van der Waals surface area contributed by atoms with E-state index in [0.717, 1.165) is 0 Å². The lowest BCUT2D eigenvalue weighted by Crippen LogP contribution is -2.44. The van der Waals surface area contributed by atoms with Crippen LogP contribution >= 0.6 is 11.6 Å². The number of amides is 2. The minimum atomic E-state index is -1.05. The Morgan fingerprint density at radius 1 is 1.40 bits per heavy atom. The van der Waals surface area contributed by atoms with Gasteiger partial charge in [-0.15, -0.1) is 0 Å². The summed E-state index contributed by atoms with van der Waals surface area (Å²) < 4.78 is 18.6. The first-order valence-corrected chi connectivity index (χ1v) is 6.19. The Labute approximate surface area is 118 Å². The van der Waals surface area contributed by atoms with Crippen LogP contribution in [-0.2, 0) is 9.53 Å². The van der Waals surface area contributed by atoms with Crippen molar-refractivity contribution in [3.05, 3.63) is 29.0 Å². The zero-order chi connectivity index (χ0) is 14.7. The maximum Gasteiger partial charge on any atom is 0.319 e. The molecule has 0 bridgehead atoms. The number of nitrogens with one attached hydrogen (secondary N) is 2. The second-order valence-corrected chi connectivity index (χ2v) is 4.70. The lowest BCUT2D eigenvalue weighted by atomic mass is 10.0. The second kappa shape index (κ2) is 6.06. The van der Waals surface area contributed by atoms with Crippen LogP contribution in [0.4, 0.5) is 14.9 Å². The number of halogens is 2. The van der Waals surface area contributed by atoms with Crippen molar-refractivity contribution in [2.24, 2.45) is 5.92 Å². The van der Waals surface area contributed by atoms with Gasteiger partial charge in [-0.25, -0.2) is 9.18 Å². The molecular formula is C12H12ClFN2O4. The Morgan fingerprint density at radius 3 is 2.85 bits per heavy atom. The van der Waals surface area contributed by atoms with Crippen molar-refractivity contribution in [2.45, 2.75) is 6.04 Å². The number of carbonyl (C=O) groups excluding carboxylic acids is 1. The number of ether oxygens (including phenoxy) is 1. The van der Waals surface area contributed by atoms with Gasteiger partial charge in [-0.3, -0.25) is 4.79 Å². The molecule has 20 heavy (non-hydrogen) atoms. The lowest BCUT2D eigenvalue weighted by Gasteiger charge is -2.16. The number of hydrogen-bond acceptors (Lipinski definition) is 3. The molecule has 0 saturated carbocycles. The number of aliphatic carboxylic acids is 1. The molecule has 108 valence electrons. The summed E-state index contributed by atoms with van der Waals surface area (Å²) in [6.07, 6.45) is 0. The molecule has 8 heteroatoms. The van der Waals surface area contributed by atoms with Gasteiger partial charge >= 0.3 is 12.0 Å². The van der Waals surface area contributed by atoms with Crippen molar-refractivity contribution >= 4 is 29.3 Å². The normalized spacial score (nSPS) is 21.5. The van der Waals surface area contributed by atoms with E-state index in [4.69, 9.17) is 21.4 Å². The molecule has 2 atom stereocenters. The summed E-state index contributed by atoms with van der Waals surface area (Å²) in [4.78, 5) is 22.6. The van der Waals surface area contributed by atoms with Crippen molar-refractivity contribution in [1.29, 1.82) is 0 Å². The molecule has 0 aromatic heterocycles. The maximum absolute atomic E-state index is 13.6. The lowest BCUT2D eigenvalue weighted by molar-refractivity contribution is -0.142. The molecule has 0 radical (unpaired) electrons. The van der Waals surface area contributed by atoms with Gasteiger partial charge in [-0.05, 0) is 12.1 Å². The smallest absolute Gasteiger partial charge is 0.319 e. The SMILES string of the molecule is O=C(Nc1cccc(Cl)c1F)NC1COCC1C(=O)O. The molecule has 2 rings (SSSR count). The van der Waals surface area contributed by atoms with Crippen LogP contribution in [0.25, 0.3) is 0 Å². The Balaban J connectivity index is 1.99. The van der Waals surface area contributed by atoms with Gasteiger partial charge in [-0.1, -0.05) is 17.7 Å². The highest BCUT2D eigenvalue weighted by molar-refractivity contribution is 6.31. The van der Waals surface area contributed by atoms with Gasteiger partial charge in [0.15, 0.2) is 5.82 Å². The van der Waals surface area contributed by atoms with Crippen LogP contribution < -0.4 is 10.6 Å². The van der Waals surface area contributed by atoms with E-state index in [-0.39, 0.29) is 23.9 Å². The first kappa shape index (κ1) is 14.5. The summed E-state index contributed by atoms with van der Waals surface area (Å²) >= 11 is 5.59. The predicted molar refractivity (Wildman–Crippen MR) is 69.3 cm³/mol. The highest BCUT2D eigenvalue weighted by atomic mass is 35.5. The number of anilines is 1. The number of carboxylic acid groups (broad SMARTS) is 1. The predicted octanol–water partition coefficient (Wildman–Crippen LogP) is 1.70. The summed E-state index contributed by atoms with van der Waals surface area (Å²) in [6, 6.07) is 2.81. The van der Waals surface area contributed by atoms with Gasteiger partial charge in [0.2, 0.25) is 0 Å². The van der Waals surface area contributed by atoms with Crippen LogP contribution in [-0.4, -0.2) is 36.4 Å². The molecule has 2 unspecified atom stereocenters. The van der Waals surface area contributed by atoms with Crippen LogP contribution in [0.2, 0.25) is 5.02 Å². The summed E-state index contributed by atoms with van der Waals surface area (Å²) in [7, 11) is 0. The fourth-order valence-corrected chi connectivity index (χ4v) is 2.04. The molecular weight excluding hydrogens is 291 g/mol. The molecule has 1 heterocycles. The Hall–Kier alpha value is -1.86. The Kier molecular flexibility index (Phi) is 4.41. The van der Waals surface area contributed by atoms with Crippen molar-refractivity contribution in [3.63, 3.8) is 0 Å². The summed E-state index contributed by atoms with van der Waals surface area (Å²) in [5.41, 5.74) is -0.0826. The maximum atomic E-state index is 13.6. The van der Waals surface area contributed by atoms with Gasteiger partial charge in [-0.2, -0.15) is 0 Å². The van der Waals surface area contributed by atoms with Gasteiger partial charge in [0, 0.05) is 0 Å². The quantitative estimate of drug-likeness (QED) is 0.793. The van der Waals surface area contributed by atoms with Crippen LogP contribution in [0.1, 0.15) is 0 Å². The average Bonchev–Trinajstić information content (AvgIpc) is 2.83. The monoisotopic (exact) mass is 302 g/mol. The van der Waals surface area contributed by atoms with E-state index in [2.05, 4.69) is 10.6 Å². The first-order chi connectivity index (χ1) is 9.49. The topological polar surface area (TPSA) is 87.7 Å². The number of hydrogen-bond donors (Lipinski definition) is 3. The van der Waals surface area contributed by atoms with E-state index in [0.29, 0.717) is 0 Å². The molecule has 1 aliphatic heterocycles. The minimum absolute atomic E-state index is 0.0335. The number of rotatable bonds is 3. The first-order valence-electron chi connectivity index (χ1n) is 5.81. The highest BCUT2D eigenvalue weighted by Crippen LogP contribution is 2.22. The van der Waals surface area contributed by atoms with Crippen molar-refractivity contribution in [3.8, 4) is 0 Å². The average molecular weight is 303 g/mol. The van der Waals surface area contributed by atoms with E-state index in [9.17, 15) is 14.0 Å². The fourth-order valence-electron chi connectivity index (χ4n) is 1.87. The Morgan fingerprint density at radius 2 is 2.15 bits per heavy atom. The zero-order valence-electron chi connectivity index (χ0n) is 10.2. The molecule has 0 spiro atoms. The third kappa shape index (κ3) is 3.17. The molecule has 1 saturated heterocycles. The van der Waals surface area contributed by atoms with E-state index in [1.54, 1.807) is 0 Å².